The Labute approximate surface area is 141 Å². The number of nitrogens with one attached hydrogen (secondary N) is 3. The predicted molar refractivity (Wildman–Crippen MR) is 90.7 cm³/mol. The Morgan fingerprint density at radius 2 is 2.12 bits per heavy atom. The van der Waals surface area contributed by atoms with Crippen LogP contribution in [0.3, 0.4) is 0 Å². The molecule has 3 heterocycles. The second-order valence-electron chi connectivity index (χ2n) is 6.51. The van der Waals surface area contributed by atoms with Crippen LogP contribution in [0.4, 0.5) is 5.69 Å². The smallest absolute Gasteiger partial charge is 0.254 e. The number of aryl methyl sites for hydroxylation is 1. The summed E-state index contributed by atoms with van der Waals surface area (Å²) >= 11 is 0. The highest BCUT2D eigenvalue weighted by Gasteiger charge is 2.40. The molecule has 3 N–H and O–H groups in total. The second kappa shape index (κ2) is 6.18. The van der Waals surface area contributed by atoms with E-state index in [4.69, 9.17) is 4.74 Å². The van der Waals surface area contributed by atoms with Gasteiger partial charge in [0.1, 0.15) is 12.5 Å². The molecule has 2 fully saturated rings. The Morgan fingerprint density at radius 3 is 2.92 bits per heavy atom. The van der Waals surface area contributed by atoms with Gasteiger partial charge in [0.25, 0.3) is 5.91 Å². The summed E-state index contributed by atoms with van der Waals surface area (Å²) in [5.41, 5.74) is 6.28. The molecule has 0 saturated carbocycles. The minimum Gasteiger partial charge on any atom is -0.379 e. The summed E-state index contributed by atoms with van der Waals surface area (Å²) in [5, 5.41) is 8.47. The van der Waals surface area contributed by atoms with Crippen molar-refractivity contribution >= 4 is 11.6 Å². The van der Waals surface area contributed by atoms with Gasteiger partial charge in [-0.05, 0) is 25.5 Å². The first-order chi connectivity index (χ1) is 11.6. The monoisotopic (exact) mass is 329 g/mol. The van der Waals surface area contributed by atoms with Crippen molar-refractivity contribution in [1.29, 1.82) is 0 Å². The van der Waals surface area contributed by atoms with Gasteiger partial charge in [-0.25, -0.2) is 5.43 Å². The second-order valence-corrected chi connectivity index (χ2v) is 6.51. The molecule has 1 amide bonds. The number of rotatable bonds is 2. The first kappa shape index (κ1) is 15.6. The molecule has 0 radical (unpaired) electrons. The molecule has 3 aliphatic heterocycles. The molecule has 1 aromatic rings. The molecule has 0 spiro atoms. The van der Waals surface area contributed by atoms with Crippen LogP contribution in [0.25, 0.3) is 0 Å². The van der Waals surface area contributed by atoms with E-state index < -0.39 is 0 Å². The molecule has 3 unspecified atom stereocenters. The van der Waals surface area contributed by atoms with Gasteiger partial charge in [0, 0.05) is 18.8 Å². The van der Waals surface area contributed by atoms with Gasteiger partial charge in [0.15, 0.2) is 0 Å². The number of carbonyl (C=O) groups excluding carboxylic acids is 1. The molecular weight excluding hydrogens is 306 g/mol. The number of hydrogen-bond donors (Lipinski definition) is 3. The largest absolute Gasteiger partial charge is 0.379 e. The number of ether oxygens (including phenoxy) is 1. The molecule has 3 aliphatic rings. The van der Waals surface area contributed by atoms with Gasteiger partial charge in [-0.2, -0.15) is 0 Å². The summed E-state index contributed by atoms with van der Waals surface area (Å²) in [7, 11) is 0. The number of fused-ring (bicyclic) bond motifs is 1. The maximum Gasteiger partial charge on any atom is 0.254 e. The molecular formula is C17H23N5O2. The van der Waals surface area contributed by atoms with Gasteiger partial charge in [-0.3, -0.25) is 20.0 Å². The first-order valence-electron chi connectivity index (χ1n) is 8.36. The molecule has 2 saturated heterocycles. The Bertz CT molecular complexity index is 677. The maximum atomic E-state index is 12.6. The Kier molecular flexibility index (Phi) is 4.01. The van der Waals surface area contributed by atoms with Crippen LogP contribution in [0.2, 0.25) is 0 Å². The van der Waals surface area contributed by atoms with Crippen molar-refractivity contribution in [3.63, 3.8) is 0 Å². The SMILES string of the molecule is Cc1ccccc1N1C=C2C(=O)NC(N3CCOCC3C)NC2N1. The average Bonchev–Trinajstić information content (AvgIpc) is 3.00. The van der Waals surface area contributed by atoms with Crippen molar-refractivity contribution in [2.75, 3.05) is 24.8 Å². The van der Waals surface area contributed by atoms with Crippen LogP contribution in [-0.4, -0.2) is 49.1 Å². The fraction of sp³-hybridized carbons (Fsp3) is 0.471. The van der Waals surface area contributed by atoms with Crippen LogP contribution >= 0.6 is 0 Å². The number of nitrogens with zero attached hydrogens (tertiary/aromatic N) is 2. The van der Waals surface area contributed by atoms with Crippen molar-refractivity contribution < 1.29 is 9.53 Å². The van der Waals surface area contributed by atoms with Crippen molar-refractivity contribution in [2.45, 2.75) is 32.3 Å². The number of hydrazine groups is 1. The zero-order valence-corrected chi connectivity index (χ0v) is 14.0. The lowest BCUT2D eigenvalue weighted by molar-refractivity contribution is -0.124. The highest BCUT2D eigenvalue weighted by Crippen LogP contribution is 2.25. The number of anilines is 1. The van der Waals surface area contributed by atoms with Crippen LogP contribution in [-0.2, 0) is 9.53 Å². The normalized spacial score (nSPS) is 30.8. The van der Waals surface area contributed by atoms with E-state index in [2.05, 4.69) is 40.9 Å². The summed E-state index contributed by atoms with van der Waals surface area (Å²) in [5.74, 6) is -0.0361. The number of benzene rings is 1. The highest BCUT2D eigenvalue weighted by atomic mass is 16.5. The zero-order chi connectivity index (χ0) is 16.7. The fourth-order valence-electron chi connectivity index (χ4n) is 3.46. The topological polar surface area (TPSA) is 68.9 Å². The molecule has 7 heteroatoms. The fourth-order valence-corrected chi connectivity index (χ4v) is 3.46. The third-order valence-electron chi connectivity index (χ3n) is 4.83. The Balaban J connectivity index is 1.53. The minimum atomic E-state index is -0.196. The number of hydrogen-bond acceptors (Lipinski definition) is 6. The highest BCUT2D eigenvalue weighted by molar-refractivity contribution is 5.96. The van der Waals surface area contributed by atoms with E-state index in [1.54, 1.807) is 0 Å². The summed E-state index contributed by atoms with van der Waals surface area (Å²) in [4.78, 5) is 14.8. The van der Waals surface area contributed by atoms with Gasteiger partial charge >= 0.3 is 0 Å². The minimum absolute atomic E-state index is 0.0361. The van der Waals surface area contributed by atoms with Gasteiger partial charge in [0.2, 0.25) is 0 Å². The van der Waals surface area contributed by atoms with Crippen LogP contribution < -0.4 is 21.1 Å². The number of morpholine rings is 1. The molecule has 0 bridgehead atoms. The van der Waals surface area contributed by atoms with E-state index in [0.717, 1.165) is 17.8 Å². The molecule has 128 valence electrons. The quantitative estimate of drug-likeness (QED) is 0.723. The van der Waals surface area contributed by atoms with E-state index in [0.29, 0.717) is 18.8 Å². The van der Waals surface area contributed by atoms with E-state index in [-0.39, 0.29) is 24.4 Å². The molecule has 3 atom stereocenters. The Morgan fingerprint density at radius 1 is 1.29 bits per heavy atom. The van der Waals surface area contributed by atoms with Crippen molar-refractivity contribution in [1.82, 2.24) is 21.0 Å². The number of carbonyl (C=O) groups is 1. The lowest BCUT2D eigenvalue weighted by atomic mass is 10.1. The van der Waals surface area contributed by atoms with E-state index in [9.17, 15) is 4.79 Å². The van der Waals surface area contributed by atoms with Gasteiger partial charge < -0.3 is 10.1 Å². The third-order valence-corrected chi connectivity index (χ3v) is 4.83. The summed E-state index contributed by atoms with van der Waals surface area (Å²) in [6.45, 7) is 6.34. The van der Waals surface area contributed by atoms with Crippen molar-refractivity contribution in [3.8, 4) is 0 Å². The Hall–Kier alpha value is -1.93. The van der Waals surface area contributed by atoms with Gasteiger partial charge in [0.05, 0.1) is 24.5 Å². The average molecular weight is 329 g/mol. The molecule has 0 aliphatic carbocycles. The van der Waals surface area contributed by atoms with Gasteiger partial charge in [-0.15, -0.1) is 0 Å². The lowest BCUT2D eigenvalue weighted by Gasteiger charge is -2.43. The predicted octanol–water partition coefficient (Wildman–Crippen LogP) is 0.253. The van der Waals surface area contributed by atoms with Crippen LogP contribution in [0, 0.1) is 6.92 Å². The third kappa shape index (κ3) is 2.69. The van der Waals surface area contributed by atoms with E-state index >= 15 is 0 Å². The molecule has 7 nitrogen and oxygen atoms in total. The van der Waals surface area contributed by atoms with Crippen LogP contribution in [0.15, 0.2) is 36.0 Å². The standard InChI is InChI=1S/C17H23N5O2/c1-11-5-3-4-6-14(11)22-9-13-15(20-22)18-17(19-16(13)23)21-7-8-24-10-12(21)2/h3-6,9,12,15,17-18,20H,7-8,10H2,1-2H3,(H,19,23). The molecule has 24 heavy (non-hydrogen) atoms. The van der Waals surface area contributed by atoms with E-state index in [1.807, 2.05) is 29.4 Å². The van der Waals surface area contributed by atoms with E-state index in [1.165, 1.54) is 0 Å². The van der Waals surface area contributed by atoms with Crippen molar-refractivity contribution in [2.24, 2.45) is 0 Å². The molecule has 4 rings (SSSR count). The van der Waals surface area contributed by atoms with Crippen LogP contribution in [0.5, 0.6) is 0 Å². The number of para-hydroxylation sites is 1. The zero-order valence-electron chi connectivity index (χ0n) is 14.0. The van der Waals surface area contributed by atoms with Crippen LogP contribution in [0.1, 0.15) is 12.5 Å². The van der Waals surface area contributed by atoms with Gasteiger partial charge in [-0.1, -0.05) is 18.2 Å². The molecule has 0 aromatic heterocycles. The maximum absolute atomic E-state index is 12.6. The summed E-state index contributed by atoms with van der Waals surface area (Å²) in [6, 6.07) is 8.36. The summed E-state index contributed by atoms with van der Waals surface area (Å²) in [6.07, 6.45) is 1.48. The molecule has 1 aromatic carbocycles. The lowest BCUT2D eigenvalue weighted by Crippen LogP contribution is -2.69. The summed E-state index contributed by atoms with van der Waals surface area (Å²) < 4.78 is 5.49. The van der Waals surface area contributed by atoms with Crippen molar-refractivity contribution in [3.05, 3.63) is 41.6 Å². The first-order valence-corrected chi connectivity index (χ1v) is 8.36. The number of amides is 1.